The highest BCUT2D eigenvalue weighted by molar-refractivity contribution is 7.16. The van der Waals surface area contributed by atoms with Crippen molar-refractivity contribution in [2.45, 2.75) is 31.7 Å². The maximum atomic E-state index is 13.5. The van der Waals surface area contributed by atoms with Gasteiger partial charge in [0.2, 0.25) is 12.7 Å². The van der Waals surface area contributed by atoms with Gasteiger partial charge in [0.25, 0.3) is 5.91 Å². The van der Waals surface area contributed by atoms with Gasteiger partial charge in [0, 0.05) is 48.2 Å². The zero-order chi connectivity index (χ0) is 25.4. The first-order valence-corrected chi connectivity index (χ1v) is 13.7. The van der Waals surface area contributed by atoms with Crippen molar-refractivity contribution in [3.63, 3.8) is 0 Å². The Bertz CT molecular complexity index is 1320. The van der Waals surface area contributed by atoms with Crippen molar-refractivity contribution in [3.05, 3.63) is 69.2 Å². The molecule has 8 nitrogen and oxygen atoms in total. The molecular formula is C27H27ClN4O4S. The van der Waals surface area contributed by atoms with E-state index >= 15 is 0 Å². The number of carbonyl (C=O) groups excluding carboxylic acids is 2. The molecule has 1 fully saturated rings. The van der Waals surface area contributed by atoms with Gasteiger partial charge in [0.05, 0.1) is 11.6 Å². The molecular weight excluding hydrogens is 512 g/mol. The van der Waals surface area contributed by atoms with E-state index in [4.69, 9.17) is 26.1 Å². The third-order valence-electron chi connectivity index (χ3n) is 7.11. The van der Waals surface area contributed by atoms with E-state index < -0.39 is 0 Å². The van der Waals surface area contributed by atoms with E-state index in [1.54, 1.807) is 24.3 Å². The quantitative estimate of drug-likeness (QED) is 0.513. The number of aryl methyl sites for hydroxylation is 1. The van der Waals surface area contributed by atoms with E-state index in [1.807, 2.05) is 17.0 Å². The van der Waals surface area contributed by atoms with Crippen LogP contribution in [0.1, 0.15) is 45.3 Å². The molecule has 2 aromatic carbocycles. The summed E-state index contributed by atoms with van der Waals surface area (Å²) in [5.41, 5.74) is 2.52. The van der Waals surface area contributed by atoms with E-state index in [-0.39, 0.29) is 24.5 Å². The van der Waals surface area contributed by atoms with Crippen molar-refractivity contribution in [1.29, 1.82) is 0 Å². The van der Waals surface area contributed by atoms with Crippen LogP contribution in [0.25, 0.3) is 0 Å². The second-order valence-corrected chi connectivity index (χ2v) is 11.0. The highest BCUT2D eigenvalue weighted by atomic mass is 35.5. The molecule has 3 heterocycles. The van der Waals surface area contributed by atoms with Crippen LogP contribution in [-0.2, 0) is 17.8 Å². The number of piperazine rings is 1. The van der Waals surface area contributed by atoms with Gasteiger partial charge >= 0.3 is 0 Å². The Hall–Kier alpha value is -3.14. The SMILES string of the molecule is O=C(Nc1nc2c(s1)CCCC2C(=O)N1CCN(Cc2ccc3c(c2)OCO3)CC1)c1ccc(Cl)cc1. The Morgan fingerprint density at radius 2 is 1.84 bits per heavy atom. The Morgan fingerprint density at radius 3 is 2.65 bits per heavy atom. The number of anilines is 1. The third-order valence-corrected chi connectivity index (χ3v) is 8.40. The lowest BCUT2D eigenvalue weighted by atomic mass is 9.89. The number of amides is 2. The third kappa shape index (κ3) is 5.16. The van der Waals surface area contributed by atoms with Gasteiger partial charge in [-0.1, -0.05) is 17.7 Å². The lowest BCUT2D eigenvalue weighted by molar-refractivity contribution is -0.135. The Balaban J connectivity index is 1.07. The number of rotatable bonds is 5. The summed E-state index contributed by atoms with van der Waals surface area (Å²) in [6, 6.07) is 12.8. The highest BCUT2D eigenvalue weighted by Gasteiger charge is 2.34. The molecule has 0 spiro atoms. The summed E-state index contributed by atoms with van der Waals surface area (Å²) in [7, 11) is 0. The van der Waals surface area contributed by atoms with Crippen molar-refractivity contribution in [2.24, 2.45) is 0 Å². The Morgan fingerprint density at radius 1 is 1.05 bits per heavy atom. The standard InChI is InChI=1S/C27H27ClN4O4S/c28-19-7-5-18(6-8-19)25(33)30-27-29-24-20(2-1-3-23(24)37-27)26(34)32-12-10-31(11-13-32)15-17-4-9-21-22(14-17)36-16-35-21/h4-9,14,20H,1-3,10-13,15-16H2,(H,29,30,33). The number of hydrogen-bond donors (Lipinski definition) is 1. The summed E-state index contributed by atoms with van der Waals surface area (Å²) in [4.78, 5) is 36.3. The van der Waals surface area contributed by atoms with E-state index in [2.05, 4.69) is 16.3 Å². The first-order valence-electron chi connectivity index (χ1n) is 12.5. The fraction of sp³-hybridized carbons (Fsp3) is 0.370. The molecule has 0 saturated carbocycles. The smallest absolute Gasteiger partial charge is 0.257 e. The lowest BCUT2D eigenvalue weighted by Crippen LogP contribution is -2.49. The van der Waals surface area contributed by atoms with Gasteiger partial charge in [-0.15, -0.1) is 11.3 Å². The molecule has 1 N–H and O–H groups in total. The van der Waals surface area contributed by atoms with Gasteiger partial charge in [-0.2, -0.15) is 0 Å². The number of hydrogen-bond acceptors (Lipinski definition) is 7. The van der Waals surface area contributed by atoms with Crippen molar-refractivity contribution >= 4 is 39.9 Å². The van der Waals surface area contributed by atoms with Crippen LogP contribution in [0.4, 0.5) is 5.13 Å². The minimum atomic E-state index is -0.249. The minimum absolute atomic E-state index is 0.143. The fourth-order valence-electron chi connectivity index (χ4n) is 5.13. The van der Waals surface area contributed by atoms with Crippen LogP contribution in [0.2, 0.25) is 5.02 Å². The second-order valence-electron chi connectivity index (χ2n) is 9.52. The predicted molar refractivity (Wildman–Crippen MR) is 142 cm³/mol. The van der Waals surface area contributed by atoms with Crippen LogP contribution in [0.5, 0.6) is 11.5 Å². The van der Waals surface area contributed by atoms with Crippen LogP contribution in [0.3, 0.4) is 0 Å². The number of benzene rings is 2. The minimum Gasteiger partial charge on any atom is -0.454 e. The molecule has 1 aromatic heterocycles. The Labute approximate surface area is 224 Å². The number of carbonyl (C=O) groups is 2. The lowest BCUT2D eigenvalue weighted by Gasteiger charge is -2.37. The molecule has 1 atom stereocenters. The van der Waals surface area contributed by atoms with E-state index in [0.717, 1.165) is 61.0 Å². The molecule has 2 aliphatic heterocycles. The summed E-state index contributed by atoms with van der Waals surface area (Å²) >= 11 is 7.40. The largest absolute Gasteiger partial charge is 0.454 e. The number of halogens is 1. The molecule has 1 saturated heterocycles. The van der Waals surface area contributed by atoms with E-state index in [9.17, 15) is 9.59 Å². The summed E-state index contributed by atoms with van der Waals surface area (Å²) in [5, 5.41) is 4.02. The first-order chi connectivity index (χ1) is 18.0. The number of thiazole rings is 1. The number of fused-ring (bicyclic) bond motifs is 2. The van der Waals surface area contributed by atoms with Gasteiger partial charge in [-0.25, -0.2) is 4.98 Å². The molecule has 37 heavy (non-hydrogen) atoms. The number of nitrogens with zero attached hydrogens (tertiary/aromatic N) is 3. The maximum absolute atomic E-state index is 13.5. The van der Waals surface area contributed by atoms with Gasteiger partial charge in [0.1, 0.15) is 0 Å². The molecule has 6 rings (SSSR count). The molecule has 10 heteroatoms. The van der Waals surface area contributed by atoms with E-state index in [1.165, 1.54) is 16.9 Å². The maximum Gasteiger partial charge on any atom is 0.257 e. The molecule has 0 bridgehead atoms. The summed E-state index contributed by atoms with van der Waals surface area (Å²) in [6.07, 6.45) is 2.62. The molecule has 3 aromatic rings. The average molecular weight is 539 g/mol. The second kappa shape index (κ2) is 10.3. The Kier molecular flexibility index (Phi) is 6.75. The summed E-state index contributed by atoms with van der Waals surface area (Å²) < 4.78 is 10.9. The molecule has 1 unspecified atom stereocenters. The summed E-state index contributed by atoms with van der Waals surface area (Å²) in [5.74, 6) is 1.25. The highest BCUT2D eigenvalue weighted by Crippen LogP contribution is 2.38. The molecule has 2 amide bonds. The van der Waals surface area contributed by atoms with Crippen LogP contribution in [-0.4, -0.2) is 59.6 Å². The van der Waals surface area contributed by atoms with Crippen molar-refractivity contribution in [1.82, 2.24) is 14.8 Å². The number of ether oxygens (including phenoxy) is 2. The molecule has 3 aliphatic rings. The van der Waals surface area contributed by atoms with Crippen LogP contribution >= 0.6 is 22.9 Å². The normalized spacial score (nSPS) is 18.9. The van der Waals surface area contributed by atoms with Crippen molar-refractivity contribution < 1.29 is 19.1 Å². The van der Waals surface area contributed by atoms with Gasteiger partial charge < -0.3 is 14.4 Å². The molecule has 1 aliphatic carbocycles. The van der Waals surface area contributed by atoms with Gasteiger partial charge in [-0.3, -0.25) is 19.8 Å². The average Bonchev–Trinajstić information content (AvgIpc) is 3.55. The summed E-state index contributed by atoms with van der Waals surface area (Å²) in [6.45, 7) is 4.12. The molecule has 192 valence electrons. The van der Waals surface area contributed by atoms with Crippen LogP contribution in [0.15, 0.2) is 42.5 Å². The van der Waals surface area contributed by atoms with Gasteiger partial charge in [-0.05, 0) is 61.2 Å². The van der Waals surface area contributed by atoms with Crippen LogP contribution < -0.4 is 14.8 Å². The zero-order valence-corrected chi connectivity index (χ0v) is 21.8. The van der Waals surface area contributed by atoms with Crippen molar-refractivity contribution in [3.8, 4) is 11.5 Å². The number of aromatic nitrogens is 1. The van der Waals surface area contributed by atoms with Crippen LogP contribution in [0, 0.1) is 0 Å². The monoisotopic (exact) mass is 538 g/mol. The fourth-order valence-corrected chi connectivity index (χ4v) is 6.31. The van der Waals surface area contributed by atoms with E-state index in [0.29, 0.717) is 28.8 Å². The molecule has 0 radical (unpaired) electrons. The topological polar surface area (TPSA) is 84.0 Å². The van der Waals surface area contributed by atoms with Gasteiger partial charge in [0.15, 0.2) is 16.6 Å². The first kappa shape index (κ1) is 24.2. The number of nitrogens with one attached hydrogen (secondary N) is 1. The zero-order valence-electron chi connectivity index (χ0n) is 20.2. The predicted octanol–water partition coefficient (Wildman–Crippen LogP) is 4.54. The van der Waals surface area contributed by atoms with Crippen molar-refractivity contribution in [2.75, 3.05) is 38.3 Å².